The van der Waals surface area contributed by atoms with Crippen LogP contribution in [0.2, 0.25) is 0 Å². The summed E-state index contributed by atoms with van der Waals surface area (Å²) in [5, 5.41) is 8.83. The largest absolute Gasteiger partial charge is 0.493 e. The molecule has 0 unspecified atom stereocenters. The maximum absolute atomic E-state index is 12.9. The van der Waals surface area contributed by atoms with E-state index >= 15 is 0 Å². The molecule has 1 amide bonds. The van der Waals surface area contributed by atoms with E-state index in [1.807, 2.05) is 47.4 Å². The monoisotopic (exact) mass is 401 g/mol. The van der Waals surface area contributed by atoms with Crippen LogP contribution in [0.25, 0.3) is 0 Å². The molecule has 0 saturated carbocycles. The lowest BCUT2D eigenvalue weighted by Gasteiger charge is -2.38. The molecule has 7 heteroatoms. The van der Waals surface area contributed by atoms with E-state index in [9.17, 15) is 9.59 Å². The van der Waals surface area contributed by atoms with E-state index in [0.29, 0.717) is 24.5 Å². The molecular formula is C21H23NO5S. The predicted octanol–water partition coefficient (Wildman–Crippen LogP) is 3.00. The van der Waals surface area contributed by atoms with Gasteiger partial charge in [0.25, 0.3) is 0 Å². The van der Waals surface area contributed by atoms with Gasteiger partial charge in [-0.3, -0.25) is 9.59 Å². The number of nitrogens with zero attached hydrogens (tertiary/aromatic N) is 1. The zero-order chi connectivity index (χ0) is 20.1. The number of rotatable bonds is 7. The molecular weight excluding hydrogens is 378 g/mol. The van der Waals surface area contributed by atoms with Gasteiger partial charge in [0.15, 0.2) is 11.5 Å². The van der Waals surface area contributed by atoms with Crippen molar-refractivity contribution < 1.29 is 24.2 Å². The van der Waals surface area contributed by atoms with E-state index in [1.165, 1.54) is 0 Å². The number of thioether (sulfide) groups is 1. The lowest BCUT2D eigenvalue weighted by molar-refractivity contribution is -0.133. The summed E-state index contributed by atoms with van der Waals surface area (Å²) in [5.41, 5.74) is 3.13. The standard InChI is InChI=1S/C21H23NO5S/c1-26-17-10-15-8-9-22(19(23)12-28-13-20(24)25)21(14-6-4-3-5-7-14)16(15)11-18(17)27-2/h3-7,10-11,21H,8-9,12-13H2,1-2H3,(H,24,25)/t21-/m0/s1. The first-order chi connectivity index (χ1) is 13.5. The molecule has 0 spiro atoms. The maximum Gasteiger partial charge on any atom is 0.313 e. The average molecular weight is 401 g/mol. The molecule has 6 nitrogen and oxygen atoms in total. The second kappa shape index (κ2) is 9.01. The van der Waals surface area contributed by atoms with Crippen molar-refractivity contribution in [2.24, 2.45) is 0 Å². The lowest BCUT2D eigenvalue weighted by atomic mass is 9.87. The number of hydrogen-bond acceptors (Lipinski definition) is 5. The van der Waals surface area contributed by atoms with Gasteiger partial charge in [0.1, 0.15) is 0 Å². The van der Waals surface area contributed by atoms with Gasteiger partial charge >= 0.3 is 5.97 Å². The quantitative estimate of drug-likeness (QED) is 0.769. The molecule has 0 bridgehead atoms. The van der Waals surface area contributed by atoms with Gasteiger partial charge < -0.3 is 19.5 Å². The molecule has 0 aliphatic carbocycles. The molecule has 1 aliphatic heterocycles. The summed E-state index contributed by atoms with van der Waals surface area (Å²) in [6.45, 7) is 0.564. The van der Waals surface area contributed by atoms with E-state index in [-0.39, 0.29) is 23.5 Å². The highest BCUT2D eigenvalue weighted by atomic mass is 32.2. The van der Waals surface area contributed by atoms with Crippen LogP contribution < -0.4 is 9.47 Å². The number of carbonyl (C=O) groups excluding carboxylic acids is 1. The summed E-state index contributed by atoms with van der Waals surface area (Å²) in [4.78, 5) is 25.5. The number of ether oxygens (including phenoxy) is 2. The highest BCUT2D eigenvalue weighted by Crippen LogP contribution is 2.41. The summed E-state index contributed by atoms with van der Waals surface area (Å²) >= 11 is 1.12. The van der Waals surface area contributed by atoms with Gasteiger partial charge in [-0.1, -0.05) is 30.3 Å². The van der Waals surface area contributed by atoms with Crippen molar-refractivity contribution in [3.8, 4) is 11.5 Å². The van der Waals surface area contributed by atoms with Crippen LogP contribution in [-0.2, 0) is 16.0 Å². The fraction of sp³-hybridized carbons (Fsp3) is 0.333. The van der Waals surface area contributed by atoms with E-state index in [2.05, 4.69) is 0 Å². The van der Waals surface area contributed by atoms with Gasteiger partial charge in [0.2, 0.25) is 5.91 Å². The number of methoxy groups -OCH3 is 2. The van der Waals surface area contributed by atoms with Gasteiger partial charge in [-0.25, -0.2) is 0 Å². The Morgan fingerprint density at radius 2 is 1.79 bits per heavy atom. The zero-order valence-corrected chi connectivity index (χ0v) is 16.7. The minimum Gasteiger partial charge on any atom is -0.493 e. The molecule has 2 aromatic rings. The van der Waals surface area contributed by atoms with Gasteiger partial charge in [-0.2, -0.15) is 0 Å². The zero-order valence-electron chi connectivity index (χ0n) is 15.9. The number of carboxylic acids is 1. The number of benzene rings is 2. The number of carboxylic acid groups (broad SMARTS) is 1. The Kier molecular flexibility index (Phi) is 6.46. The summed E-state index contributed by atoms with van der Waals surface area (Å²) < 4.78 is 10.9. The summed E-state index contributed by atoms with van der Waals surface area (Å²) in [7, 11) is 3.20. The number of amides is 1. The molecule has 1 heterocycles. The van der Waals surface area contributed by atoms with Crippen molar-refractivity contribution in [1.82, 2.24) is 4.90 Å². The molecule has 0 radical (unpaired) electrons. The first kappa shape index (κ1) is 20.1. The predicted molar refractivity (Wildman–Crippen MR) is 108 cm³/mol. The van der Waals surface area contributed by atoms with Gasteiger partial charge in [-0.15, -0.1) is 11.8 Å². The molecule has 0 aromatic heterocycles. The minimum atomic E-state index is -0.918. The highest BCUT2D eigenvalue weighted by Gasteiger charge is 2.33. The average Bonchev–Trinajstić information content (AvgIpc) is 2.72. The highest BCUT2D eigenvalue weighted by molar-refractivity contribution is 8.00. The number of carbonyl (C=O) groups is 2. The number of aliphatic carboxylic acids is 1. The van der Waals surface area contributed by atoms with Crippen molar-refractivity contribution in [3.05, 3.63) is 59.2 Å². The Bertz CT molecular complexity index is 855. The van der Waals surface area contributed by atoms with Gasteiger partial charge in [0.05, 0.1) is 31.8 Å². The SMILES string of the molecule is COc1cc2c(cc1OC)[C@H](c1ccccc1)N(C(=O)CSCC(=O)O)CC2. The van der Waals surface area contributed by atoms with Crippen LogP contribution in [0.1, 0.15) is 22.7 Å². The Hall–Kier alpha value is -2.67. The third kappa shape index (κ3) is 4.25. The topological polar surface area (TPSA) is 76.1 Å². The third-order valence-corrected chi connectivity index (χ3v) is 5.66. The van der Waals surface area contributed by atoms with Gasteiger partial charge in [-0.05, 0) is 35.2 Å². The fourth-order valence-corrected chi connectivity index (χ4v) is 4.13. The Balaban J connectivity index is 1.99. The molecule has 28 heavy (non-hydrogen) atoms. The van der Waals surface area contributed by atoms with Crippen LogP contribution >= 0.6 is 11.8 Å². The Morgan fingerprint density at radius 3 is 2.43 bits per heavy atom. The molecule has 0 fully saturated rings. The van der Waals surface area contributed by atoms with E-state index < -0.39 is 5.97 Å². The molecule has 1 atom stereocenters. The van der Waals surface area contributed by atoms with E-state index in [0.717, 1.165) is 28.5 Å². The number of hydrogen-bond donors (Lipinski definition) is 1. The molecule has 1 N–H and O–H groups in total. The Morgan fingerprint density at radius 1 is 1.11 bits per heavy atom. The molecule has 2 aromatic carbocycles. The second-order valence-corrected chi connectivity index (χ2v) is 7.43. The first-order valence-electron chi connectivity index (χ1n) is 8.94. The van der Waals surface area contributed by atoms with Crippen molar-refractivity contribution in [2.45, 2.75) is 12.5 Å². The second-order valence-electron chi connectivity index (χ2n) is 6.44. The minimum absolute atomic E-state index is 0.0689. The van der Waals surface area contributed by atoms with Crippen molar-refractivity contribution in [3.63, 3.8) is 0 Å². The van der Waals surface area contributed by atoms with Crippen LogP contribution in [0.4, 0.5) is 0 Å². The molecule has 148 valence electrons. The van der Waals surface area contributed by atoms with Crippen LogP contribution in [0, 0.1) is 0 Å². The summed E-state index contributed by atoms with van der Waals surface area (Å²) in [6.07, 6.45) is 0.703. The molecule has 0 saturated heterocycles. The van der Waals surface area contributed by atoms with Crippen molar-refractivity contribution in [1.29, 1.82) is 0 Å². The maximum atomic E-state index is 12.9. The Labute approximate surface area is 168 Å². The van der Waals surface area contributed by atoms with E-state index in [4.69, 9.17) is 14.6 Å². The van der Waals surface area contributed by atoms with Crippen molar-refractivity contribution >= 4 is 23.6 Å². The van der Waals surface area contributed by atoms with E-state index in [1.54, 1.807) is 14.2 Å². The van der Waals surface area contributed by atoms with Crippen LogP contribution in [0.15, 0.2) is 42.5 Å². The first-order valence-corrected chi connectivity index (χ1v) is 10.1. The molecule has 3 rings (SSSR count). The van der Waals surface area contributed by atoms with Crippen LogP contribution in [0.3, 0.4) is 0 Å². The number of fused-ring (bicyclic) bond motifs is 1. The fourth-order valence-electron chi connectivity index (χ4n) is 3.52. The summed E-state index contributed by atoms with van der Waals surface area (Å²) in [6, 6.07) is 13.5. The summed E-state index contributed by atoms with van der Waals surface area (Å²) in [5.74, 6) is 0.357. The lowest BCUT2D eigenvalue weighted by Crippen LogP contribution is -2.41. The van der Waals surface area contributed by atoms with Gasteiger partial charge in [0, 0.05) is 6.54 Å². The molecule has 1 aliphatic rings. The normalized spacial score (nSPS) is 15.6. The van der Waals surface area contributed by atoms with Crippen LogP contribution in [-0.4, -0.2) is 54.2 Å². The smallest absolute Gasteiger partial charge is 0.313 e. The third-order valence-electron chi connectivity index (χ3n) is 4.76. The van der Waals surface area contributed by atoms with Crippen molar-refractivity contribution in [2.75, 3.05) is 32.3 Å². The van der Waals surface area contributed by atoms with Crippen LogP contribution in [0.5, 0.6) is 11.5 Å².